The maximum Gasteiger partial charge on any atom is 0.267 e. The van der Waals surface area contributed by atoms with Crippen LogP contribution in [0.3, 0.4) is 0 Å². The average Bonchev–Trinajstić information content (AvgIpc) is 3.32. The molecule has 0 radical (unpaired) electrons. The van der Waals surface area contributed by atoms with Gasteiger partial charge >= 0.3 is 0 Å². The number of fused-ring (bicyclic) bond motifs is 3. The van der Waals surface area contributed by atoms with Crippen molar-refractivity contribution in [1.29, 1.82) is 0 Å². The fraction of sp³-hybridized carbons (Fsp3) is 0.185. The van der Waals surface area contributed by atoms with Gasteiger partial charge in [-0.2, -0.15) is 0 Å². The Morgan fingerprint density at radius 3 is 2.39 bits per heavy atom. The summed E-state index contributed by atoms with van der Waals surface area (Å²) in [6.07, 6.45) is 0.913. The normalized spacial score (nSPS) is 11.2. The summed E-state index contributed by atoms with van der Waals surface area (Å²) in [6.45, 7) is 2.09. The number of carbonyl (C=O) groups is 1. The molecule has 0 bridgehead atoms. The molecule has 8 nitrogen and oxygen atoms in total. The number of thioether (sulfide) groups is 1. The van der Waals surface area contributed by atoms with Gasteiger partial charge in [-0.15, -0.1) is 10.2 Å². The minimum atomic E-state index is -0.162. The van der Waals surface area contributed by atoms with E-state index in [2.05, 4.69) is 22.4 Å². The molecule has 2 heterocycles. The highest BCUT2D eigenvalue weighted by Crippen LogP contribution is 2.24. The molecule has 5 rings (SSSR count). The maximum atomic E-state index is 13.4. The molecule has 2 aromatic heterocycles. The smallest absolute Gasteiger partial charge is 0.267 e. The first-order chi connectivity index (χ1) is 17.5. The summed E-state index contributed by atoms with van der Waals surface area (Å²) in [6, 6.07) is 22.9. The lowest BCUT2D eigenvalue weighted by Gasteiger charge is -2.13. The standard InChI is InChI=1S/C27H26N6O2S/c1-4-18-9-13-21(14-10-18)32-25(35)22-7-5-6-8-23(22)33-26(32)29-30-27(33)36-17-24(34)28-19-11-15-20(16-12-19)31(2)3/h5-16H,4,17H2,1-3H3,(H,28,34). The Kier molecular flexibility index (Phi) is 6.47. The first-order valence-electron chi connectivity index (χ1n) is 11.6. The third kappa shape index (κ3) is 4.45. The highest BCUT2D eigenvalue weighted by molar-refractivity contribution is 7.99. The molecule has 0 aliphatic carbocycles. The second-order valence-corrected chi connectivity index (χ2v) is 9.52. The number of amides is 1. The summed E-state index contributed by atoms with van der Waals surface area (Å²) in [5, 5.41) is 12.7. The molecule has 1 amide bonds. The topological polar surface area (TPSA) is 84.5 Å². The number of anilines is 2. The Morgan fingerprint density at radius 1 is 0.972 bits per heavy atom. The molecule has 0 aliphatic heterocycles. The third-order valence-electron chi connectivity index (χ3n) is 6.00. The molecule has 5 aromatic rings. The number of rotatable bonds is 7. The maximum absolute atomic E-state index is 13.4. The van der Waals surface area contributed by atoms with Crippen molar-refractivity contribution >= 4 is 45.7 Å². The quantitative estimate of drug-likeness (QED) is 0.335. The summed E-state index contributed by atoms with van der Waals surface area (Å²) in [4.78, 5) is 28.1. The van der Waals surface area contributed by atoms with Crippen molar-refractivity contribution < 1.29 is 4.79 Å². The number of hydrogen-bond acceptors (Lipinski definition) is 6. The van der Waals surface area contributed by atoms with Gasteiger partial charge in [-0.3, -0.25) is 14.0 Å². The second kappa shape index (κ2) is 9.87. The van der Waals surface area contributed by atoms with E-state index in [0.29, 0.717) is 21.8 Å². The molecule has 1 N–H and O–H groups in total. The molecule has 9 heteroatoms. The Morgan fingerprint density at radius 2 is 1.69 bits per heavy atom. The zero-order valence-electron chi connectivity index (χ0n) is 20.3. The fourth-order valence-corrected chi connectivity index (χ4v) is 4.80. The molecular formula is C27H26N6O2S. The van der Waals surface area contributed by atoms with Crippen LogP contribution in [0.25, 0.3) is 22.4 Å². The van der Waals surface area contributed by atoms with Crippen LogP contribution < -0.4 is 15.8 Å². The first kappa shape index (κ1) is 23.6. The van der Waals surface area contributed by atoms with Crippen molar-refractivity contribution in [2.24, 2.45) is 0 Å². The van der Waals surface area contributed by atoms with Crippen molar-refractivity contribution in [2.75, 3.05) is 30.1 Å². The minimum absolute atomic E-state index is 0.148. The molecule has 0 fully saturated rings. The summed E-state index contributed by atoms with van der Waals surface area (Å²) in [7, 11) is 3.94. The molecule has 0 saturated heterocycles. The highest BCUT2D eigenvalue weighted by atomic mass is 32.2. The Bertz CT molecular complexity index is 1600. The van der Waals surface area contributed by atoms with Crippen LogP contribution in [0, 0.1) is 0 Å². The average molecular weight is 499 g/mol. The summed E-state index contributed by atoms with van der Waals surface area (Å²) in [5.41, 5.74) is 4.22. The van der Waals surface area contributed by atoms with Crippen molar-refractivity contribution in [3.8, 4) is 5.69 Å². The number of para-hydroxylation sites is 1. The van der Waals surface area contributed by atoms with Gasteiger partial charge < -0.3 is 10.2 Å². The highest BCUT2D eigenvalue weighted by Gasteiger charge is 2.18. The summed E-state index contributed by atoms with van der Waals surface area (Å²) < 4.78 is 3.42. The minimum Gasteiger partial charge on any atom is -0.378 e. The van der Waals surface area contributed by atoms with Gasteiger partial charge in [-0.25, -0.2) is 4.57 Å². The number of aryl methyl sites for hydroxylation is 1. The van der Waals surface area contributed by atoms with Crippen LogP contribution in [0.15, 0.2) is 82.7 Å². The molecule has 0 aliphatic rings. The molecular weight excluding hydrogens is 472 g/mol. The molecule has 3 aromatic carbocycles. The van der Waals surface area contributed by atoms with Crippen LogP contribution in [-0.2, 0) is 11.2 Å². The van der Waals surface area contributed by atoms with E-state index in [1.807, 2.05) is 90.1 Å². The summed E-state index contributed by atoms with van der Waals surface area (Å²) >= 11 is 1.28. The van der Waals surface area contributed by atoms with Crippen molar-refractivity contribution in [2.45, 2.75) is 18.5 Å². The number of benzene rings is 3. The number of nitrogens with one attached hydrogen (secondary N) is 1. The van der Waals surface area contributed by atoms with Crippen LogP contribution >= 0.6 is 11.8 Å². The van der Waals surface area contributed by atoms with E-state index < -0.39 is 0 Å². The van der Waals surface area contributed by atoms with Crippen molar-refractivity contribution in [3.05, 3.63) is 88.7 Å². The first-order valence-corrected chi connectivity index (χ1v) is 12.6. The van der Waals surface area contributed by atoms with E-state index in [1.165, 1.54) is 17.3 Å². The van der Waals surface area contributed by atoms with E-state index >= 15 is 0 Å². The molecule has 0 spiro atoms. The Hall–Kier alpha value is -4.11. The second-order valence-electron chi connectivity index (χ2n) is 8.57. The lowest BCUT2D eigenvalue weighted by Crippen LogP contribution is -2.22. The number of nitrogens with zero attached hydrogens (tertiary/aromatic N) is 5. The van der Waals surface area contributed by atoms with Crippen molar-refractivity contribution in [3.63, 3.8) is 0 Å². The van der Waals surface area contributed by atoms with E-state index in [0.717, 1.165) is 23.5 Å². The third-order valence-corrected chi connectivity index (χ3v) is 6.93. The zero-order chi connectivity index (χ0) is 25.2. The summed E-state index contributed by atoms with van der Waals surface area (Å²) in [5.74, 6) is 0.404. The largest absolute Gasteiger partial charge is 0.378 e. The van der Waals surface area contributed by atoms with Gasteiger partial charge in [0.25, 0.3) is 5.56 Å². The number of aromatic nitrogens is 4. The zero-order valence-corrected chi connectivity index (χ0v) is 21.1. The lowest BCUT2D eigenvalue weighted by molar-refractivity contribution is -0.113. The molecule has 36 heavy (non-hydrogen) atoms. The van der Waals surface area contributed by atoms with Gasteiger partial charge in [0.05, 0.1) is 22.3 Å². The fourth-order valence-electron chi connectivity index (χ4n) is 4.06. The molecule has 0 unspecified atom stereocenters. The van der Waals surface area contributed by atoms with Gasteiger partial charge in [0.1, 0.15) is 0 Å². The van der Waals surface area contributed by atoms with Gasteiger partial charge in [0, 0.05) is 25.5 Å². The van der Waals surface area contributed by atoms with Crippen LogP contribution in [0.1, 0.15) is 12.5 Å². The van der Waals surface area contributed by atoms with Gasteiger partial charge in [-0.1, -0.05) is 43.0 Å². The van der Waals surface area contributed by atoms with Crippen LogP contribution in [0.5, 0.6) is 0 Å². The SMILES string of the molecule is CCc1ccc(-n2c(=O)c3ccccc3n3c(SCC(=O)Nc4ccc(N(C)C)cc4)nnc23)cc1. The monoisotopic (exact) mass is 498 g/mol. The van der Waals surface area contributed by atoms with Crippen molar-refractivity contribution in [1.82, 2.24) is 19.2 Å². The number of carbonyl (C=O) groups excluding carboxylic acids is 1. The predicted octanol–water partition coefficient (Wildman–Crippen LogP) is 4.39. The van der Waals surface area contributed by atoms with Crippen LogP contribution in [0.4, 0.5) is 11.4 Å². The lowest BCUT2D eigenvalue weighted by atomic mass is 10.1. The predicted molar refractivity (Wildman–Crippen MR) is 146 cm³/mol. The van der Waals surface area contributed by atoms with E-state index in [1.54, 1.807) is 10.6 Å². The van der Waals surface area contributed by atoms with E-state index in [9.17, 15) is 9.59 Å². The van der Waals surface area contributed by atoms with Crippen LogP contribution in [-0.4, -0.2) is 44.9 Å². The Balaban J connectivity index is 1.48. The Labute approximate surface area is 212 Å². The van der Waals surface area contributed by atoms with E-state index in [-0.39, 0.29) is 17.2 Å². The number of hydrogen-bond donors (Lipinski definition) is 1. The van der Waals surface area contributed by atoms with Gasteiger partial charge in [-0.05, 0) is 60.5 Å². The van der Waals surface area contributed by atoms with Gasteiger partial charge in [0.15, 0.2) is 5.16 Å². The van der Waals surface area contributed by atoms with Crippen LogP contribution in [0.2, 0.25) is 0 Å². The van der Waals surface area contributed by atoms with Gasteiger partial charge in [0.2, 0.25) is 11.7 Å². The molecule has 182 valence electrons. The van der Waals surface area contributed by atoms with E-state index in [4.69, 9.17) is 0 Å². The molecule has 0 atom stereocenters. The molecule has 0 saturated carbocycles.